The number of nitrogens with zero attached hydrogens (tertiary/aromatic N) is 5. The second-order valence-electron chi connectivity index (χ2n) is 8.93. The molecule has 4 rings (SSSR count). The molecule has 1 amide bonds. The van der Waals surface area contributed by atoms with E-state index in [9.17, 15) is 9.59 Å². The Morgan fingerprint density at radius 1 is 1.24 bits per heavy atom. The van der Waals surface area contributed by atoms with E-state index in [0.29, 0.717) is 17.1 Å². The van der Waals surface area contributed by atoms with E-state index in [1.54, 1.807) is 16.9 Å². The summed E-state index contributed by atoms with van der Waals surface area (Å²) >= 11 is 0. The van der Waals surface area contributed by atoms with Crippen molar-refractivity contribution in [2.45, 2.75) is 45.4 Å². The maximum atomic E-state index is 12.8. The Morgan fingerprint density at radius 3 is 2.79 bits per heavy atom. The number of nitrogen functional groups attached to an aromatic ring is 1. The fraction of sp³-hybridized carbons (Fsp3) is 0.304. The highest BCUT2D eigenvalue weighted by molar-refractivity contribution is 6.04. The van der Waals surface area contributed by atoms with Crippen LogP contribution >= 0.6 is 0 Å². The molecule has 10 nitrogen and oxygen atoms in total. The number of nitrogens with one attached hydrogen (secondary N) is 1. The molecule has 0 bridgehead atoms. The monoisotopic (exact) mass is 447 g/mol. The highest BCUT2D eigenvalue weighted by atomic mass is 16.5. The minimum Gasteiger partial charge on any atom is -0.394 e. The molecule has 0 unspecified atom stereocenters. The van der Waals surface area contributed by atoms with Gasteiger partial charge in [-0.15, -0.1) is 0 Å². The molecule has 4 aromatic rings. The van der Waals surface area contributed by atoms with Gasteiger partial charge in [0.1, 0.15) is 11.6 Å². The minimum absolute atomic E-state index is 0.0654. The Bertz CT molecular complexity index is 1330. The van der Waals surface area contributed by atoms with E-state index in [0.717, 1.165) is 5.52 Å². The Balaban J connectivity index is 1.46. The van der Waals surface area contributed by atoms with E-state index in [1.165, 1.54) is 12.3 Å². The van der Waals surface area contributed by atoms with Crippen molar-refractivity contribution < 1.29 is 14.1 Å². The number of nitrogens with two attached hydrogens (primary N) is 1. The summed E-state index contributed by atoms with van der Waals surface area (Å²) in [5, 5.41) is 10.7. The quantitative estimate of drug-likeness (QED) is 0.427. The predicted octanol–water partition coefficient (Wildman–Crippen LogP) is 3.62. The number of amides is 1. The van der Waals surface area contributed by atoms with Crippen molar-refractivity contribution >= 4 is 28.7 Å². The molecule has 33 heavy (non-hydrogen) atoms. The molecule has 4 aromatic heterocycles. The van der Waals surface area contributed by atoms with Crippen molar-refractivity contribution in [2.75, 3.05) is 11.1 Å². The molecule has 0 radical (unpaired) electrons. The van der Waals surface area contributed by atoms with Crippen LogP contribution in [0.2, 0.25) is 0 Å². The maximum absolute atomic E-state index is 12.8. The number of hydrogen-bond donors (Lipinski definition) is 2. The molecule has 0 fully saturated rings. The van der Waals surface area contributed by atoms with Gasteiger partial charge in [-0.25, -0.2) is 14.5 Å². The smallest absolute Gasteiger partial charge is 0.279 e. The van der Waals surface area contributed by atoms with Crippen molar-refractivity contribution in [2.24, 2.45) is 0 Å². The van der Waals surface area contributed by atoms with E-state index < -0.39 is 5.91 Å². The van der Waals surface area contributed by atoms with Crippen molar-refractivity contribution in [1.82, 2.24) is 24.7 Å². The second kappa shape index (κ2) is 8.45. The molecule has 0 saturated carbocycles. The molecular formula is C23H25N7O3. The maximum Gasteiger partial charge on any atom is 0.279 e. The van der Waals surface area contributed by atoms with Gasteiger partial charge in [-0.05, 0) is 12.1 Å². The first-order chi connectivity index (χ1) is 15.6. The van der Waals surface area contributed by atoms with Gasteiger partial charge in [0.2, 0.25) is 0 Å². The van der Waals surface area contributed by atoms with E-state index in [1.807, 2.05) is 45.9 Å². The van der Waals surface area contributed by atoms with E-state index in [4.69, 9.17) is 10.3 Å². The van der Waals surface area contributed by atoms with Crippen molar-refractivity contribution in [3.63, 3.8) is 0 Å². The van der Waals surface area contributed by atoms with Crippen LogP contribution in [0.3, 0.4) is 0 Å². The highest BCUT2D eigenvalue weighted by Gasteiger charge is 2.23. The second-order valence-corrected chi connectivity index (χ2v) is 8.93. The summed E-state index contributed by atoms with van der Waals surface area (Å²) in [5.41, 5.74) is 7.20. The molecule has 0 aliphatic rings. The van der Waals surface area contributed by atoms with Gasteiger partial charge < -0.3 is 15.6 Å². The predicted molar refractivity (Wildman–Crippen MR) is 122 cm³/mol. The first-order valence-electron chi connectivity index (χ1n) is 10.5. The third-order valence-electron chi connectivity index (χ3n) is 5.19. The summed E-state index contributed by atoms with van der Waals surface area (Å²) in [6, 6.07) is 7.06. The number of carbonyl (C=O) groups is 2. The SMILES string of the molecule is C[C@@H](CC(=O)c1cnn2ccccc12)c1cc(C(=O)Nc2nc(C(C)(C)C)ncc2N)no1. The minimum atomic E-state index is -0.517. The summed E-state index contributed by atoms with van der Waals surface area (Å²) in [4.78, 5) is 34.1. The molecule has 1 atom stereocenters. The number of ketones is 1. The van der Waals surface area contributed by atoms with Crippen LogP contribution < -0.4 is 11.1 Å². The lowest BCUT2D eigenvalue weighted by atomic mass is 9.96. The number of Topliss-reactive ketones (excluding diaryl/α,β-unsaturated/α-hetero) is 1. The Kier molecular flexibility index (Phi) is 5.67. The molecule has 0 aliphatic carbocycles. The third kappa shape index (κ3) is 4.59. The topological polar surface area (TPSA) is 141 Å². The largest absolute Gasteiger partial charge is 0.394 e. The molecular weight excluding hydrogens is 422 g/mol. The standard InChI is InChI=1S/C23H25N7O3/c1-13(9-18(31)14-11-26-30-8-6-5-7-17(14)30)19-10-16(29-33-19)21(32)27-20-15(24)12-25-22(28-20)23(2,3)4/h5-8,10-13H,9,24H2,1-4H3,(H,25,27,28,32)/t13-/m0/s1. The van der Waals surface area contributed by atoms with Crippen LogP contribution in [0.15, 0.2) is 47.4 Å². The van der Waals surface area contributed by atoms with Gasteiger partial charge in [0.25, 0.3) is 5.91 Å². The first kappa shape index (κ1) is 22.1. The van der Waals surface area contributed by atoms with E-state index in [2.05, 4.69) is 25.5 Å². The summed E-state index contributed by atoms with van der Waals surface area (Å²) < 4.78 is 7.00. The number of pyridine rings is 1. The molecule has 0 spiro atoms. The van der Waals surface area contributed by atoms with Gasteiger partial charge in [0.15, 0.2) is 17.3 Å². The number of anilines is 2. The Labute approximate surface area is 190 Å². The van der Waals surface area contributed by atoms with Gasteiger partial charge in [-0.1, -0.05) is 38.9 Å². The summed E-state index contributed by atoms with van der Waals surface area (Å²) in [6.45, 7) is 7.72. The number of hydrogen-bond acceptors (Lipinski definition) is 8. The average Bonchev–Trinajstić information content (AvgIpc) is 3.42. The van der Waals surface area contributed by atoms with Crippen LogP contribution in [0, 0.1) is 0 Å². The zero-order valence-electron chi connectivity index (χ0n) is 18.9. The molecule has 0 aliphatic heterocycles. The molecule has 170 valence electrons. The van der Waals surface area contributed by atoms with Gasteiger partial charge in [0.05, 0.1) is 29.2 Å². The highest BCUT2D eigenvalue weighted by Crippen LogP contribution is 2.25. The van der Waals surface area contributed by atoms with E-state index >= 15 is 0 Å². The Morgan fingerprint density at radius 2 is 2.03 bits per heavy atom. The number of fused-ring (bicyclic) bond motifs is 1. The van der Waals surface area contributed by atoms with Crippen LogP contribution in [0.5, 0.6) is 0 Å². The van der Waals surface area contributed by atoms with Crippen LogP contribution in [-0.2, 0) is 5.41 Å². The zero-order chi connectivity index (χ0) is 23.8. The normalized spacial score (nSPS) is 12.6. The van der Waals surface area contributed by atoms with Gasteiger partial charge in [0, 0.05) is 30.0 Å². The number of carbonyl (C=O) groups excluding carboxylic acids is 2. The van der Waals surface area contributed by atoms with E-state index in [-0.39, 0.29) is 40.7 Å². The van der Waals surface area contributed by atoms with Crippen molar-refractivity contribution in [3.8, 4) is 0 Å². The lowest BCUT2D eigenvalue weighted by Gasteiger charge is -2.17. The number of aromatic nitrogens is 5. The Hall–Kier alpha value is -4.08. The van der Waals surface area contributed by atoms with Gasteiger partial charge in [-0.2, -0.15) is 5.10 Å². The lowest BCUT2D eigenvalue weighted by molar-refractivity contribution is 0.0970. The van der Waals surface area contributed by atoms with Gasteiger partial charge >= 0.3 is 0 Å². The third-order valence-corrected chi connectivity index (χ3v) is 5.19. The van der Waals surface area contributed by atoms with Crippen molar-refractivity contribution in [1.29, 1.82) is 0 Å². The van der Waals surface area contributed by atoms with Crippen LogP contribution in [0.4, 0.5) is 11.5 Å². The number of rotatable bonds is 6. The molecule has 0 saturated heterocycles. The van der Waals surface area contributed by atoms with Crippen LogP contribution in [0.25, 0.3) is 5.52 Å². The molecule has 3 N–H and O–H groups in total. The van der Waals surface area contributed by atoms with Gasteiger partial charge in [-0.3, -0.25) is 9.59 Å². The summed E-state index contributed by atoms with van der Waals surface area (Å²) in [6.07, 6.45) is 4.99. The van der Waals surface area contributed by atoms with Crippen LogP contribution in [0.1, 0.15) is 72.5 Å². The van der Waals surface area contributed by atoms with Crippen molar-refractivity contribution in [3.05, 3.63) is 65.7 Å². The summed E-state index contributed by atoms with van der Waals surface area (Å²) in [7, 11) is 0. The zero-order valence-corrected chi connectivity index (χ0v) is 18.9. The average molecular weight is 447 g/mol. The first-order valence-corrected chi connectivity index (χ1v) is 10.5. The van der Waals surface area contributed by atoms with Crippen LogP contribution in [-0.4, -0.2) is 36.4 Å². The lowest BCUT2D eigenvalue weighted by Crippen LogP contribution is -2.20. The molecule has 0 aromatic carbocycles. The molecule has 4 heterocycles. The fourth-order valence-corrected chi connectivity index (χ4v) is 3.29. The molecule has 10 heteroatoms. The summed E-state index contributed by atoms with van der Waals surface area (Å²) in [5.74, 6) is 0.303. The fourth-order valence-electron chi connectivity index (χ4n) is 3.29.